The van der Waals surface area contributed by atoms with Crippen molar-refractivity contribution >= 4 is 17.8 Å². The van der Waals surface area contributed by atoms with Crippen molar-refractivity contribution in [2.24, 2.45) is 0 Å². The van der Waals surface area contributed by atoms with Gasteiger partial charge in [-0.1, -0.05) is 6.92 Å². The number of amides is 2. The van der Waals surface area contributed by atoms with Crippen molar-refractivity contribution in [1.82, 2.24) is 10.2 Å². The number of aliphatic hydroxyl groups excluding tert-OH is 1. The van der Waals surface area contributed by atoms with E-state index >= 15 is 0 Å². The average molecular weight is 260 g/mol. The summed E-state index contributed by atoms with van der Waals surface area (Å²) in [7, 11) is 0. The van der Waals surface area contributed by atoms with Crippen LogP contribution in [0.3, 0.4) is 0 Å². The van der Waals surface area contributed by atoms with Crippen molar-refractivity contribution in [3.63, 3.8) is 0 Å². The first-order chi connectivity index (χ1) is 8.06. The van der Waals surface area contributed by atoms with Gasteiger partial charge < -0.3 is 15.3 Å². The van der Waals surface area contributed by atoms with Gasteiger partial charge in [0, 0.05) is 36.2 Å². The van der Waals surface area contributed by atoms with Crippen LogP contribution in [0.4, 0.5) is 4.79 Å². The molecule has 0 aromatic rings. The molecule has 0 aromatic carbocycles. The number of hydrogen-bond donors (Lipinski definition) is 2. The van der Waals surface area contributed by atoms with E-state index in [4.69, 9.17) is 5.11 Å². The molecule has 17 heavy (non-hydrogen) atoms. The second-order valence-corrected chi connectivity index (χ2v) is 6.21. The van der Waals surface area contributed by atoms with Gasteiger partial charge in [0.1, 0.15) is 0 Å². The number of thioether (sulfide) groups is 1. The quantitative estimate of drug-likeness (QED) is 0.808. The minimum atomic E-state index is 0.0371. The van der Waals surface area contributed by atoms with Crippen molar-refractivity contribution in [3.8, 4) is 0 Å². The summed E-state index contributed by atoms with van der Waals surface area (Å²) in [5, 5.41) is 12.3. The summed E-state index contributed by atoms with van der Waals surface area (Å²) in [5.41, 5.74) is 0. The summed E-state index contributed by atoms with van der Waals surface area (Å²) in [6, 6.07) is 0.459. The van der Waals surface area contributed by atoms with Crippen LogP contribution in [0, 0.1) is 0 Å². The van der Waals surface area contributed by atoms with Gasteiger partial charge in [-0.15, -0.1) is 0 Å². The Labute approximate surface area is 108 Å². The fourth-order valence-electron chi connectivity index (χ4n) is 1.98. The molecule has 4 nitrogen and oxygen atoms in total. The highest BCUT2D eigenvalue weighted by molar-refractivity contribution is 8.00. The van der Waals surface area contributed by atoms with E-state index in [1.807, 2.05) is 23.6 Å². The van der Waals surface area contributed by atoms with Crippen molar-refractivity contribution in [3.05, 3.63) is 0 Å². The average Bonchev–Trinajstić information content (AvgIpc) is 2.29. The fraction of sp³-hybridized carbons (Fsp3) is 0.917. The van der Waals surface area contributed by atoms with Crippen molar-refractivity contribution in [2.75, 3.05) is 18.9 Å². The minimum Gasteiger partial charge on any atom is -0.396 e. The third-order valence-electron chi connectivity index (χ3n) is 3.31. The summed E-state index contributed by atoms with van der Waals surface area (Å²) < 4.78 is 0. The Morgan fingerprint density at radius 3 is 2.94 bits per heavy atom. The first-order valence-corrected chi connectivity index (χ1v) is 7.40. The molecule has 100 valence electrons. The Balaban J connectivity index is 2.40. The molecular weight excluding hydrogens is 236 g/mol. The van der Waals surface area contributed by atoms with Crippen molar-refractivity contribution in [2.45, 2.75) is 50.9 Å². The smallest absolute Gasteiger partial charge is 0.317 e. The number of rotatable bonds is 4. The Hall–Kier alpha value is -0.420. The first kappa shape index (κ1) is 14.6. The van der Waals surface area contributed by atoms with Crippen LogP contribution in [0.15, 0.2) is 0 Å². The van der Waals surface area contributed by atoms with E-state index in [2.05, 4.69) is 19.2 Å². The number of carbonyl (C=O) groups is 1. The number of hydrogen-bond acceptors (Lipinski definition) is 3. The van der Waals surface area contributed by atoms with Crippen LogP contribution in [0.5, 0.6) is 0 Å². The first-order valence-electron chi connectivity index (χ1n) is 6.36. The lowest BCUT2D eigenvalue weighted by Crippen LogP contribution is -2.53. The molecule has 2 N–H and O–H groups in total. The lowest BCUT2D eigenvalue weighted by molar-refractivity contribution is 0.175. The van der Waals surface area contributed by atoms with Crippen LogP contribution in [0.1, 0.15) is 33.6 Å². The van der Waals surface area contributed by atoms with Crippen LogP contribution < -0.4 is 5.32 Å². The molecule has 0 radical (unpaired) electrons. The predicted octanol–water partition coefficient (Wildman–Crippen LogP) is 1.68. The number of carbonyl (C=O) groups excluding carboxylic acids is 1. The number of aliphatic hydroxyl groups is 1. The molecule has 2 amide bonds. The molecular formula is C12H24N2O2S. The molecule has 1 heterocycles. The normalized spacial score (nSPS) is 26.7. The molecule has 1 fully saturated rings. The zero-order valence-corrected chi connectivity index (χ0v) is 11.8. The Morgan fingerprint density at radius 1 is 1.59 bits per heavy atom. The van der Waals surface area contributed by atoms with E-state index in [1.165, 1.54) is 0 Å². The summed E-state index contributed by atoms with van der Waals surface area (Å²) in [6.07, 6.45) is 1.57. The molecule has 1 aliphatic heterocycles. The maximum absolute atomic E-state index is 12.1. The summed E-state index contributed by atoms with van der Waals surface area (Å²) in [6.45, 7) is 7.28. The van der Waals surface area contributed by atoms with Gasteiger partial charge >= 0.3 is 6.03 Å². The predicted molar refractivity (Wildman–Crippen MR) is 72.4 cm³/mol. The zero-order valence-electron chi connectivity index (χ0n) is 11.0. The minimum absolute atomic E-state index is 0.0371. The third-order valence-corrected chi connectivity index (χ3v) is 4.65. The topological polar surface area (TPSA) is 52.6 Å². The number of nitrogens with zero attached hydrogens (tertiary/aromatic N) is 1. The maximum Gasteiger partial charge on any atom is 0.317 e. The van der Waals surface area contributed by atoms with Crippen LogP contribution >= 0.6 is 11.8 Å². The van der Waals surface area contributed by atoms with Crippen LogP contribution in [0.25, 0.3) is 0 Å². The number of urea groups is 1. The second-order valence-electron chi connectivity index (χ2n) is 4.73. The van der Waals surface area contributed by atoms with Gasteiger partial charge in [0.15, 0.2) is 0 Å². The molecule has 0 saturated carbocycles. The molecule has 3 unspecified atom stereocenters. The molecule has 0 bridgehead atoms. The van der Waals surface area contributed by atoms with Gasteiger partial charge in [0.2, 0.25) is 0 Å². The lowest BCUT2D eigenvalue weighted by atomic mass is 10.2. The Bertz CT molecular complexity index is 251. The van der Waals surface area contributed by atoms with Crippen molar-refractivity contribution in [1.29, 1.82) is 0 Å². The highest BCUT2D eigenvalue weighted by atomic mass is 32.2. The Morgan fingerprint density at radius 2 is 2.29 bits per heavy atom. The molecule has 1 rings (SSSR count). The number of nitrogens with one attached hydrogen (secondary N) is 1. The molecule has 0 aliphatic carbocycles. The van der Waals surface area contributed by atoms with Gasteiger partial charge in [-0.3, -0.25) is 0 Å². The largest absolute Gasteiger partial charge is 0.396 e. The van der Waals surface area contributed by atoms with E-state index in [9.17, 15) is 4.79 Å². The lowest BCUT2D eigenvalue weighted by Gasteiger charge is -2.38. The summed E-state index contributed by atoms with van der Waals surface area (Å²) in [4.78, 5) is 14.0. The monoisotopic (exact) mass is 260 g/mol. The Kier molecular flexibility index (Phi) is 6.12. The molecule has 1 saturated heterocycles. The maximum atomic E-state index is 12.1. The molecule has 0 aromatic heterocycles. The second kappa shape index (κ2) is 7.11. The molecule has 1 aliphatic rings. The highest BCUT2D eigenvalue weighted by Crippen LogP contribution is 2.24. The van der Waals surface area contributed by atoms with E-state index in [-0.39, 0.29) is 18.7 Å². The molecule has 5 heteroatoms. The van der Waals surface area contributed by atoms with Crippen LogP contribution in [-0.2, 0) is 0 Å². The van der Waals surface area contributed by atoms with Gasteiger partial charge in [0.05, 0.1) is 0 Å². The highest BCUT2D eigenvalue weighted by Gasteiger charge is 2.29. The van der Waals surface area contributed by atoms with Gasteiger partial charge in [-0.25, -0.2) is 4.79 Å². The van der Waals surface area contributed by atoms with E-state index in [0.717, 1.165) is 25.1 Å². The third kappa shape index (κ3) is 4.39. The molecule has 3 atom stereocenters. The van der Waals surface area contributed by atoms with Crippen LogP contribution in [0.2, 0.25) is 0 Å². The van der Waals surface area contributed by atoms with Gasteiger partial charge in [0.25, 0.3) is 0 Å². The summed E-state index contributed by atoms with van der Waals surface area (Å²) >= 11 is 1.93. The van der Waals surface area contributed by atoms with Gasteiger partial charge in [-0.2, -0.15) is 11.8 Å². The fourth-order valence-corrected chi connectivity index (χ4v) is 3.08. The van der Waals surface area contributed by atoms with E-state index < -0.39 is 0 Å². The molecule has 0 spiro atoms. The van der Waals surface area contributed by atoms with Crippen LogP contribution in [-0.4, -0.2) is 52.3 Å². The van der Waals surface area contributed by atoms with E-state index in [0.29, 0.717) is 11.3 Å². The standard InChI is InChI=1S/C12H24N2O2S/c1-9(5-4-7-15)13-12(16)14-6-8-17-11(3)10(14)2/h9-11,15H,4-8H2,1-3H3,(H,13,16). The zero-order chi connectivity index (χ0) is 12.8. The van der Waals surface area contributed by atoms with E-state index in [1.54, 1.807) is 0 Å². The SMILES string of the molecule is CC(CCCO)NC(=O)N1CCSC(C)C1C. The summed E-state index contributed by atoms with van der Waals surface area (Å²) in [5.74, 6) is 1.02. The van der Waals surface area contributed by atoms with Crippen molar-refractivity contribution < 1.29 is 9.90 Å². The van der Waals surface area contributed by atoms with Gasteiger partial charge in [-0.05, 0) is 26.7 Å².